The number of nitrogens with two attached hydrogens (primary N) is 2. The van der Waals surface area contributed by atoms with Crippen LogP contribution in [0.25, 0.3) is 0 Å². The number of hydrogen-bond acceptors (Lipinski definition) is 7. The highest BCUT2D eigenvalue weighted by molar-refractivity contribution is 9.10. The molecule has 0 bridgehead atoms. The molecule has 2 aromatic rings. The number of benzene rings is 2. The van der Waals surface area contributed by atoms with E-state index in [1.54, 1.807) is 0 Å². The Morgan fingerprint density at radius 3 is 2.15 bits per heavy atom. The molecule has 182 valence electrons. The maximum Gasteiger partial charge on any atom is 0.494 e. The number of halogens is 3. The summed E-state index contributed by atoms with van der Waals surface area (Å²) in [4.78, 5) is 24.0. The fraction of sp³-hybridized carbons (Fsp3) is 0.300. The summed E-state index contributed by atoms with van der Waals surface area (Å²) in [6.45, 7) is 0. The van der Waals surface area contributed by atoms with Crippen LogP contribution >= 0.6 is 15.9 Å². The van der Waals surface area contributed by atoms with Crippen LogP contribution in [0.5, 0.6) is 0 Å². The fourth-order valence-electron chi connectivity index (χ4n) is 3.40. The fourth-order valence-corrected chi connectivity index (χ4v) is 3.91. The van der Waals surface area contributed by atoms with Gasteiger partial charge in [0.15, 0.2) is 0 Å². The largest absolute Gasteiger partial charge is 0.494 e. The maximum absolute atomic E-state index is 14.2. The lowest BCUT2D eigenvalue weighted by Crippen LogP contribution is -2.40. The lowest BCUT2D eigenvalue weighted by molar-refractivity contribution is -0.119. The van der Waals surface area contributed by atoms with Crippen LogP contribution in [0.1, 0.15) is 35.2 Å². The van der Waals surface area contributed by atoms with E-state index >= 15 is 0 Å². The van der Waals surface area contributed by atoms with E-state index in [1.807, 2.05) is 0 Å². The van der Waals surface area contributed by atoms with Gasteiger partial charge >= 0.3 is 14.2 Å². The molecule has 0 radical (unpaired) electrons. The predicted octanol–water partition coefficient (Wildman–Crippen LogP) is -1.59. The second kappa shape index (κ2) is 12.4. The molecule has 2 atom stereocenters. The van der Waals surface area contributed by atoms with Crippen molar-refractivity contribution in [2.45, 2.75) is 37.8 Å². The van der Waals surface area contributed by atoms with Crippen LogP contribution in [-0.4, -0.2) is 58.2 Å². The Morgan fingerprint density at radius 1 is 1.00 bits per heavy atom. The molecule has 1 unspecified atom stereocenters. The topological polar surface area (TPSA) is 179 Å². The molecule has 0 aliphatic rings. The van der Waals surface area contributed by atoms with Crippen molar-refractivity contribution in [3.05, 3.63) is 57.6 Å². The first kappa shape index (κ1) is 27.9. The molecule has 0 saturated carbocycles. The summed E-state index contributed by atoms with van der Waals surface area (Å²) in [5, 5.41) is 39.8. The molecule has 0 aliphatic carbocycles. The molecule has 9 N–H and O–H groups in total. The highest BCUT2D eigenvalue weighted by Crippen LogP contribution is 2.15. The van der Waals surface area contributed by atoms with Gasteiger partial charge in [-0.3, -0.25) is 9.59 Å². The first-order valence-corrected chi connectivity index (χ1v) is 11.0. The van der Waals surface area contributed by atoms with E-state index in [-0.39, 0.29) is 35.9 Å². The molecule has 0 aromatic heterocycles. The SMILES string of the molecule is NC(=O)C(N)CCC[C@@H](Cc1cc(F)c(B(O)O)c(F)c1)NC(=O)c1cc(Br)cc(B(O)O)c1. The van der Waals surface area contributed by atoms with Crippen LogP contribution in [0.4, 0.5) is 8.78 Å². The monoisotopic (exact) mass is 541 g/mol. The van der Waals surface area contributed by atoms with Crippen molar-refractivity contribution in [2.24, 2.45) is 11.5 Å². The number of nitrogens with one attached hydrogen (secondary N) is 1. The van der Waals surface area contributed by atoms with Gasteiger partial charge < -0.3 is 36.9 Å². The minimum absolute atomic E-state index is 0.0311. The smallest absolute Gasteiger partial charge is 0.423 e. The van der Waals surface area contributed by atoms with Crippen LogP contribution in [0.15, 0.2) is 34.8 Å². The number of primary amides is 1. The number of carbonyl (C=O) groups excluding carboxylic acids is 2. The lowest BCUT2D eigenvalue weighted by atomic mass is 9.78. The third-order valence-corrected chi connectivity index (χ3v) is 5.59. The summed E-state index contributed by atoms with van der Waals surface area (Å²) in [5.41, 5.74) is 10.2. The number of carbonyl (C=O) groups is 2. The molecule has 0 spiro atoms. The number of rotatable bonds is 11. The molecular formula is C20H24B2BrF2N3O6. The van der Waals surface area contributed by atoms with Crippen LogP contribution < -0.4 is 27.7 Å². The zero-order valence-corrected chi connectivity index (χ0v) is 19.5. The van der Waals surface area contributed by atoms with E-state index < -0.39 is 55.2 Å². The van der Waals surface area contributed by atoms with Crippen LogP contribution in [0, 0.1) is 11.6 Å². The zero-order chi connectivity index (χ0) is 25.6. The standard InChI is InChI=1S/C20H24B2BrF2N3O6/c23-13-8-11(7-12(9-13)21(31)32)20(30)28-14(2-1-3-17(26)19(27)29)4-10-5-15(24)18(22(33)34)16(25)6-10/h5-9,14,17,31-34H,1-4,26H2,(H2,27,29)(H,28,30)/t14-,17?/m0/s1. The predicted molar refractivity (Wildman–Crippen MR) is 126 cm³/mol. The van der Waals surface area contributed by atoms with Crippen LogP contribution in [0.3, 0.4) is 0 Å². The minimum Gasteiger partial charge on any atom is -0.423 e. The molecule has 2 aromatic carbocycles. The molecule has 0 fully saturated rings. The Bertz CT molecular complexity index is 1020. The Labute approximate surface area is 203 Å². The molecule has 0 heterocycles. The highest BCUT2D eigenvalue weighted by atomic mass is 79.9. The molecule has 2 rings (SSSR count). The van der Waals surface area contributed by atoms with Crippen molar-refractivity contribution in [3.8, 4) is 0 Å². The van der Waals surface area contributed by atoms with Gasteiger partial charge in [0.25, 0.3) is 5.91 Å². The van der Waals surface area contributed by atoms with E-state index in [1.165, 1.54) is 18.2 Å². The minimum atomic E-state index is -2.33. The van der Waals surface area contributed by atoms with Crippen molar-refractivity contribution < 1.29 is 38.5 Å². The van der Waals surface area contributed by atoms with Gasteiger partial charge in [-0.25, -0.2) is 8.78 Å². The molecule has 9 nitrogen and oxygen atoms in total. The Morgan fingerprint density at radius 2 is 1.62 bits per heavy atom. The van der Waals surface area contributed by atoms with Gasteiger partial charge in [0.2, 0.25) is 5.91 Å². The van der Waals surface area contributed by atoms with Gasteiger partial charge in [0, 0.05) is 16.1 Å². The van der Waals surface area contributed by atoms with Gasteiger partial charge in [0.05, 0.1) is 11.5 Å². The van der Waals surface area contributed by atoms with Crippen molar-refractivity contribution in [3.63, 3.8) is 0 Å². The van der Waals surface area contributed by atoms with Gasteiger partial charge in [-0.05, 0) is 67.0 Å². The quantitative estimate of drug-likeness (QED) is 0.168. The van der Waals surface area contributed by atoms with E-state index in [2.05, 4.69) is 21.2 Å². The van der Waals surface area contributed by atoms with E-state index in [0.29, 0.717) is 10.9 Å². The lowest BCUT2D eigenvalue weighted by Gasteiger charge is -2.20. The molecule has 0 saturated heterocycles. The summed E-state index contributed by atoms with van der Waals surface area (Å²) in [5.74, 6) is -3.58. The number of amides is 2. The van der Waals surface area contributed by atoms with Crippen molar-refractivity contribution in [1.82, 2.24) is 5.32 Å². The van der Waals surface area contributed by atoms with E-state index in [9.17, 15) is 28.4 Å². The van der Waals surface area contributed by atoms with E-state index in [0.717, 1.165) is 12.1 Å². The van der Waals surface area contributed by atoms with Crippen molar-refractivity contribution >= 4 is 52.9 Å². The summed E-state index contributed by atoms with van der Waals surface area (Å²) < 4.78 is 28.8. The third kappa shape index (κ3) is 7.86. The Kier molecular flexibility index (Phi) is 10.2. The van der Waals surface area contributed by atoms with Gasteiger partial charge in [-0.15, -0.1) is 0 Å². The summed E-state index contributed by atoms with van der Waals surface area (Å²) in [7, 11) is -4.13. The highest BCUT2D eigenvalue weighted by Gasteiger charge is 2.24. The first-order chi connectivity index (χ1) is 15.9. The third-order valence-electron chi connectivity index (χ3n) is 5.13. The molecule has 14 heteroatoms. The summed E-state index contributed by atoms with van der Waals surface area (Å²) >= 11 is 3.19. The average Bonchev–Trinajstić information content (AvgIpc) is 2.72. The van der Waals surface area contributed by atoms with Crippen molar-refractivity contribution in [1.29, 1.82) is 0 Å². The van der Waals surface area contributed by atoms with Gasteiger partial charge in [-0.1, -0.05) is 15.9 Å². The molecular weight excluding hydrogens is 518 g/mol. The molecule has 34 heavy (non-hydrogen) atoms. The van der Waals surface area contributed by atoms with Crippen LogP contribution in [0.2, 0.25) is 0 Å². The normalized spacial score (nSPS) is 12.7. The van der Waals surface area contributed by atoms with Gasteiger partial charge in [-0.2, -0.15) is 0 Å². The van der Waals surface area contributed by atoms with Gasteiger partial charge in [0.1, 0.15) is 11.6 Å². The van der Waals surface area contributed by atoms with Crippen LogP contribution in [-0.2, 0) is 11.2 Å². The molecule has 0 aliphatic heterocycles. The Balaban J connectivity index is 2.26. The van der Waals surface area contributed by atoms with Crippen molar-refractivity contribution in [2.75, 3.05) is 0 Å². The maximum atomic E-state index is 14.2. The summed E-state index contributed by atoms with van der Waals surface area (Å²) in [6, 6.07) is 4.47. The zero-order valence-electron chi connectivity index (χ0n) is 17.9. The second-order valence-electron chi connectivity index (χ2n) is 7.81. The summed E-state index contributed by atoms with van der Waals surface area (Å²) in [6.07, 6.45) is 0.810. The second-order valence-corrected chi connectivity index (χ2v) is 8.72. The Hall–Kier alpha value is -2.35. The average molecular weight is 542 g/mol. The molecule has 2 amide bonds. The van der Waals surface area contributed by atoms with E-state index in [4.69, 9.17) is 21.5 Å². The number of hydrogen-bond donors (Lipinski definition) is 7. The first-order valence-electron chi connectivity index (χ1n) is 10.2.